The quantitative estimate of drug-likeness (QED) is 0.696. The Labute approximate surface area is 109 Å². The molecule has 4 heteroatoms. The molecule has 0 saturated carbocycles. The number of rotatable bonds is 2. The van der Waals surface area contributed by atoms with Crippen LogP contribution in [0.2, 0.25) is 0 Å². The standard InChI is InChI=1S/C14H22N2O2/c1-12(17)15-7-4-8-16(10-9-15)14(18)11-13-5-2-3-6-13/h2,5,13H,3-4,6-11H2,1H3. The second-order valence-corrected chi connectivity index (χ2v) is 5.21. The van der Waals surface area contributed by atoms with Crippen LogP contribution in [0.15, 0.2) is 12.2 Å². The lowest BCUT2D eigenvalue weighted by Crippen LogP contribution is -2.37. The molecule has 0 N–H and O–H groups in total. The molecule has 1 saturated heterocycles. The first-order chi connectivity index (χ1) is 8.66. The van der Waals surface area contributed by atoms with Gasteiger partial charge in [-0.3, -0.25) is 9.59 Å². The number of hydrogen-bond donors (Lipinski definition) is 0. The van der Waals surface area contributed by atoms with Gasteiger partial charge in [-0.1, -0.05) is 12.2 Å². The Bertz CT molecular complexity index is 352. The van der Waals surface area contributed by atoms with Crippen LogP contribution in [-0.2, 0) is 9.59 Å². The van der Waals surface area contributed by atoms with E-state index in [9.17, 15) is 9.59 Å². The molecule has 0 aromatic heterocycles. The molecule has 4 nitrogen and oxygen atoms in total. The van der Waals surface area contributed by atoms with Gasteiger partial charge < -0.3 is 9.80 Å². The molecule has 1 unspecified atom stereocenters. The molecule has 1 fully saturated rings. The van der Waals surface area contributed by atoms with E-state index in [4.69, 9.17) is 0 Å². The molecule has 0 aromatic rings. The molecule has 2 amide bonds. The summed E-state index contributed by atoms with van der Waals surface area (Å²) in [5, 5.41) is 0. The minimum absolute atomic E-state index is 0.114. The zero-order chi connectivity index (χ0) is 13.0. The number of nitrogens with zero attached hydrogens (tertiary/aromatic N) is 2. The van der Waals surface area contributed by atoms with Gasteiger partial charge in [-0.05, 0) is 25.2 Å². The molecule has 100 valence electrons. The third-order valence-electron chi connectivity index (χ3n) is 3.84. The van der Waals surface area contributed by atoms with Gasteiger partial charge >= 0.3 is 0 Å². The van der Waals surface area contributed by atoms with E-state index in [1.165, 1.54) is 0 Å². The first kappa shape index (κ1) is 13.1. The fraction of sp³-hybridized carbons (Fsp3) is 0.714. The van der Waals surface area contributed by atoms with Gasteiger partial charge in [0.15, 0.2) is 0 Å². The lowest BCUT2D eigenvalue weighted by Gasteiger charge is -2.22. The third kappa shape index (κ3) is 3.34. The smallest absolute Gasteiger partial charge is 0.223 e. The van der Waals surface area contributed by atoms with Gasteiger partial charge in [0, 0.05) is 39.5 Å². The summed E-state index contributed by atoms with van der Waals surface area (Å²) in [7, 11) is 0. The zero-order valence-electron chi connectivity index (χ0n) is 11.1. The van der Waals surface area contributed by atoms with Crippen LogP contribution in [0.3, 0.4) is 0 Å². The largest absolute Gasteiger partial charge is 0.341 e. The Kier molecular flexibility index (Phi) is 4.39. The Morgan fingerprint density at radius 1 is 1.17 bits per heavy atom. The van der Waals surface area contributed by atoms with Crippen molar-refractivity contribution in [2.75, 3.05) is 26.2 Å². The number of hydrogen-bond acceptors (Lipinski definition) is 2. The molecule has 18 heavy (non-hydrogen) atoms. The van der Waals surface area contributed by atoms with Crippen molar-refractivity contribution in [2.45, 2.75) is 32.6 Å². The van der Waals surface area contributed by atoms with Crippen molar-refractivity contribution in [3.05, 3.63) is 12.2 Å². The third-order valence-corrected chi connectivity index (χ3v) is 3.84. The van der Waals surface area contributed by atoms with Gasteiger partial charge in [-0.15, -0.1) is 0 Å². The summed E-state index contributed by atoms with van der Waals surface area (Å²) >= 11 is 0. The first-order valence-corrected chi connectivity index (χ1v) is 6.87. The lowest BCUT2D eigenvalue weighted by molar-refractivity contribution is -0.133. The van der Waals surface area contributed by atoms with Crippen LogP contribution < -0.4 is 0 Å². The minimum atomic E-state index is 0.114. The molecule has 1 heterocycles. The predicted octanol–water partition coefficient (Wildman–Crippen LogP) is 1.42. The first-order valence-electron chi connectivity index (χ1n) is 6.87. The van der Waals surface area contributed by atoms with Crippen molar-refractivity contribution in [1.82, 2.24) is 9.80 Å². The molecule has 0 bridgehead atoms. The highest BCUT2D eigenvalue weighted by atomic mass is 16.2. The van der Waals surface area contributed by atoms with E-state index in [1.807, 2.05) is 9.80 Å². The van der Waals surface area contributed by atoms with Crippen molar-refractivity contribution in [1.29, 1.82) is 0 Å². The Hall–Kier alpha value is -1.32. The van der Waals surface area contributed by atoms with E-state index < -0.39 is 0 Å². The number of carbonyl (C=O) groups is 2. The van der Waals surface area contributed by atoms with E-state index in [2.05, 4.69) is 12.2 Å². The van der Waals surface area contributed by atoms with Crippen LogP contribution in [0.25, 0.3) is 0 Å². The van der Waals surface area contributed by atoms with Crippen LogP contribution in [0.5, 0.6) is 0 Å². The average Bonchev–Trinajstić information content (AvgIpc) is 2.70. The van der Waals surface area contributed by atoms with Crippen LogP contribution in [0, 0.1) is 5.92 Å². The normalized spacial score (nSPS) is 24.2. The van der Waals surface area contributed by atoms with Gasteiger partial charge in [0.05, 0.1) is 0 Å². The van der Waals surface area contributed by atoms with Crippen molar-refractivity contribution in [2.24, 2.45) is 5.92 Å². The fourth-order valence-electron chi connectivity index (χ4n) is 2.70. The monoisotopic (exact) mass is 250 g/mol. The fourth-order valence-corrected chi connectivity index (χ4v) is 2.70. The van der Waals surface area contributed by atoms with Crippen molar-refractivity contribution < 1.29 is 9.59 Å². The van der Waals surface area contributed by atoms with Crippen molar-refractivity contribution >= 4 is 11.8 Å². The molecule has 1 atom stereocenters. The lowest BCUT2D eigenvalue weighted by atomic mass is 10.0. The van der Waals surface area contributed by atoms with Gasteiger partial charge in [-0.2, -0.15) is 0 Å². The summed E-state index contributed by atoms with van der Waals surface area (Å²) < 4.78 is 0. The highest BCUT2D eigenvalue weighted by molar-refractivity contribution is 5.77. The number of amides is 2. The number of carbonyl (C=O) groups excluding carboxylic acids is 2. The maximum atomic E-state index is 12.2. The van der Waals surface area contributed by atoms with E-state index in [0.717, 1.165) is 32.4 Å². The molecule has 0 radical (unpaired) electrons. The summed E-state index contributed by atoms with van der Waals surface area (Å²) in [6, 6.07) is 0. The Morgan fingerprint density at radius 2 is 1.89 bits per heavy atom. The molecule has 2 rings (SSSR count). The second kappa shape index (κ2) is 6.03. The molecular weight excluding hydrogens is 228 g/mol. The predicted molar refractivity (Wildman–Crippen MR) is 69.9 cm³/mol. The number of allylic oxidation sites excluding steroid dienone is 2. The second-order valence-electron chi connectivity index (χ2n) is 5.21. The topological polar surface area (TPSA) is 40.6 Å². The Morgan fingerprint density at radius 3 is 2.56 bits per heavy atom. The van der Waals surface area contributed by atoms with Gasteiger partial charge in [-0.25, -0.2) is 0 Å². The van der Waals surface area contributed by atoms with Gasteiger partial charge in [0.1, 0.15) is 0 Å². The van der Waals surface area contributed by atoms with Crippen LogP contribution in [0.4, 0.5) is 0 Å². The summed E-state index contributed by atoms with van der Waals surface area (Å²) in [6.45, 7) is 4.54. The van der Waals surface area contributed by atoms with Gasteiger partial charge in [0.25, 0.3) is 0 Å². The summed E-state index contributed by atoms with van der Waals surface area (Å²) in [6.07, 6.45) is 8.08. The molecular formula is C14H22N2O2. The molecule has 0 aromatic carbocycles. The highest BCUT2D eigenvalue weighted by Gasteiger charge is 2.22. The molecule has 0 spiro atoms. The summed E-state index contributed by atoms with van der Waals surface area (Å²) in [4.78, 5) is 27.3. The molecule has 1 aliphatic carbocycles. The molecule has 1 aliphatic heterocycles. The Balaban J connectivity index is 1.83. The van der Waals surface area contributed by atoms with Crippen molar-refractivity contribution in [3.63, 3.8) is 0 Å². The van der Waals surface area contributed by atoms with E-state index in [0.29, 0.717) is 25.4 Å². The maximum Gasteiger partial charge on any atom is 0.223 e. The average molecular weight is 250 g/mol. The van der Waals surface area contributed by atoms with Crippen LogP contribution >= 0.6 is 0 Å². The van der Waals surface area contributed by atoms with Gasteiger partial charge in [0.2, 0.25) is 11.8 Å². The van der Waals surface area contributed by atoms with Crippen molar-refractivity contribution in [3.8, 4) is 0 Å². The van der Waals surface area contributed by atoms with E-state index in [-0.39, 0.29) is 11.8 Å². The SMILES string of the molecule is CC(=O)N1CCCN(C(=O)CC2C=CCC2)CC1. The minimum Gasteiger partial charge on any atom is -0.341 e. The summed E-state index contributed by atoms with van der Waals surface area (Å²) in [5.74, 6) is 0.796. The maximum absolute atomic E-state index is 12.2. The summed E-state index contributed by atoms with van der Waals surface area (Å²) in [5.41, 5.74) is 0. The van der Waals surface area contributed by atoms with E-state index in [1.54, 1.807) is 6.92 Å². The highest BCUT2D eigenvalue weighted by Crippen LogP contribution is 2.21. The van der Waals surface area contributed by atoms with Crippen LogP contribution in [-0.4, -0.2) is 47.8 Å². The van der Waals surface area contributed by atoms with Crippen LogP contribution in [0.1, 0.15) is 32.6 Å². The zero-order valence-corrected chi connectivity index (χ0v) is 11.1. The molecule has 2 aliphatic rings. The van der Waals surface area contributed by atoms with E-state index >= 15 is 0 Å².